The second-order valence-corrected chi connectivity index (χ2v) is 4.16. The Hall–Kier alpha value is -2.63. The summed E-state index contributed by atoms with van der Waals surface area (Å²) in [5.41, 5.74) is 0.778. The van der Waals surface area contributed by atoms with Crippen molar-refractivity contribution in [3.8, 4) is 18.0 Å². The van der Waals surface area contributed by atoms with Gasteiger partial charge in [-0.3, -0.25) is 0 Å². The molecule has 0 N–H and O–H groups in total. The summed E-state index contributed by atoms with van der Waals surface area (Å²) in [6.07, 6.45) is 0. The van der Waals surface area contributed by atoms with E-state index >= 15 is 0 Å². The molecule has 4 nitrogen and oxygen atoms in total. The van der Waals surface area contributed by atoms with Crippen LogP contribution in [0.5, 0.6) is 5.88 Å². The molecule has 0 aliphatic carbocycles. The van der Waals surface area contributed by atoms with Crippen LogP contribution in [0, 0.1) is 28.5 Å². The van der Waals surface area contributed by atoms with E-state index in [9.17, 15) is 4.39 Å². The first-order chi connectivity index (χ1) is 9.63. The van der Waals surface area contributed by atoms with Gasteiger partial charge in [0.2, 0.25) is 5.88 Å². The summed E-state index contributed by atoms with van der Waals surface area (Å²) in [7, 11) is 0. The number of ether oxygens (including phenoxy) is 1. The van der Waals surface area contributed by atoms with E-state index in [1.807, 2.05) is 12.1 Å². The molecule has 0 unspecified atom stereocenters. The van der Waals surface area contributed by atoms with E-state index in [0.717, 1.165) is 6.07 Å². The Balaban J connectivity index is 2.11. The third-order valence-corrected chi connectivity index (χ3v) is 2.79. The van der Waals surface area contributed by atoms with Gasteiger partial charge in [-0.25, -0.2) is 9.37 Å². The van der Waals surface area contributed by atoms with Gasteiger partial charge in [0.15, 0.2) is 5.15 Å². The molecule has 2 rings (SSSR count). The quantitative estimate of drug-likeness (QED) is 0.813. The minimum Gasteiger partial charge on any atom is -0.473 e. The van der Waals surface area contributed by atoms with Crippen LogP contribution in [0.1, 0.15) is 16.7 Å². The van der Waals surface area contributed by atoms with Crippen molar-refractivity contribution in [3.63, 3.8) is 0 Å². The molecule has 20 heavy (non-hydrogen) atoms. The normalized spacial score (nSPS) is 9.60. The summed E-state index contributed by atoms with van der Waals surface area (Å²) in [5, 5.41) is 17.4. The Bertz CT molecular complexity index is 734. The van der Waals surface area contributed by atoms with E-state index in [-0.39, 0.29) is 28.8 Å². The number of pyridine rings is 1. The van der Waals surface area contributed by atoms with Crippen molar-refractivity contribution >= 4 is 11.6 Å². The fourth-order valence-corrected chi connectivity index (χ4v) is 1.66. The van der Waals surface area contributed by atoms with E-state index in [0.29, 0.717) is 5.56 Å². The van der Waals surface area contributed by atoms with Crippen molar-refractivity contribution < 1.29 is 9.13 Å². The average Bonchev–Trinajstić information content (AvgIpc) is 2.46. The first kappa shape index (κ1) is 13.8. The maximum atomic E-state index is 13.6. The van der Waals surface area contributed by atoms with Gasteiger partial charge in [0.05, 0.1) is 17.2 Å². The second-order valence-electron chi connectivity index (χ2n) is 3.81. The highest BCUT2D eigenvalue weighted by Crippen LogP contribution is 2.18. The summed E-state index contributed by atoms with van der Waals surface area (Å²) < 4.78 is 18.9. The molecular weight excluding hydrogens is 281 g/mol. The van der Waals surface area contributed by atoms with Gasteiger partial charge in [0.25, 0.3) is 0 Å². The minimum absolute atomic E-state index is 0.0327. The molecule has 0 saturated carbocycles. The van der Waals surface area contributed by atoms with Crippen LogP contribution in [-0.4, -0.2) is 4.98 Å². The molecule has 98 valence electrons. The van der Waals surface area contributed by atoms with Crippen LogP contribution in [-0.2, 0) is 6.61 Å². The lowest BCUT2D eigenvalue weighted by Crippen LogP contribution is -2.00. The zero-order valence-corrected chi connectivity index (χ0v) is 10.9. The molecule has 0 fully saturated rings. The summed E-state index contributed by atoms with van der Waals surface area (Å²) in [4.78, 5) is 3.87. The molecule has 0 aliphatic rings. The van der Waals surface area contributed by atoms with Crippen molar-refractivity contribution in [1.29, 1.82) is 10.5 Å². The molecule has 0 bridgehead atoms. The number of hydrogen-bond donors (Lipinski definition) is 0. The molecule has 0 saturated heterocycles. The van der Waals surface area contributed by atoms with Gasteiger partial charge < -0.3 is 4.74 Å². The van der Waals surface area contributed by atoms with Crippen molar-refractivity contribution in [2.45, 2.75) is 6.61 Å². The molecule has 1 heterocycles. The maximum absolute atomic E-state index is 13.6. The predicted octanol–water partition coefficient (Wildman–Crippen LogP) is 3.20. The molecule has 2 aromatic rings. The van der Waals surface area contributed by atoms with E-state index in [4.69, 9.17) is 26.9 Å². The highest BCUT2D eigenvalue weighted by Gasteiger charge is 2.07. The van der Waals surface area contributed by atoms with Gasteiger partial charge in [-0.15, -0.1) is 0 Å². The SMILES string of the molecule is N#Cc1ccc(COc2ccc(C#N)c(Cl)n2)c(F)c1. The van der Waals surface area contributed by atoms with Crippen LogP contribution in [0.4, 0.5) is 4.39 Å². The number of rotatable bonds is 3. The zero-order chi connectivity index (χ0) is 14.5. The first-order valence-corrected chi connectivity index (χ1v) is 5.90. The summed E-state index contributed by atoms with van der Waals surface area (Å²) in [6, 6.07) is 10.8. The van der Waals surface area contributed by atoms with Crippen LogP contribution in [0.15, 0.2) is 30.3 Å². The van der Waals surface area contributed by atoms with Crippen molar-refractivity contribution in [1.82, 2.24) is 4.98 Å². The predicted molar refractivity (Wildman–Crippen MR) is 69.4 cm³/mol. The lowest BCUT2D eigenvalue weighted by atomic mass is 10.1. The van der Waals surface area contributed by atoms with Crippen molar-refractivity contribution in [2.24, 2.45) is 0 Å². The van der Waals surface area contributed by atoms with E-state index in [2.05, 4.69) is 4.98 Å². The van der Waals surface area contributed by atoms with Crippen LogP contribution >= 0.6 is 11.6 Å². The van der Waals surface area contributed by atoms with Gasteiger partial charge in [0, 0.05) is 11.6 Å². The molecule has 6 heteroatoms. The van der Waals surface area contributed by atoms with Gasteiger partial charge in [-0.1, -0.05) is 17.7 Å². The maximum Gasteiger partial charge on any atom is 0.215 e. The highest BCUT2D eigenvalue weighted by atomic mass is 35.5. The molecule has 1 aromatic carbocycles. The lowest BCUT2D eigenvalue weighted by Gasteiger charge is -2.07. The molecule has 0 radical (unpaired) electrons. The molecular formula is C14H7ClFN3O. The third-order valence-electron chi connectivity index (χ3n) is 2.50. The minimum atomic E-state index is -0.524. The lowest BCUT2D eigenvalue weighted by molar-refractivity contribution is 0.288. The van der Waals surface area contributed by atoms with Gasteiger partial charge in [-0.2, -0.15) is 10.5 Å². The fourth-order valence-electron chi connectivity index (χ4n) is 1.47. The molecule has 0 amide bonds. The Morgan fingerprint density at radius 3 is 2.60 bits per heavy atom. The first-order valence-electron chi connectivity index (χ1n) is 5.52. The van der Waals surface area contributed by atoms with Crippen LogP contribution in [0.2, 0.25) is 5.15 Å². The number of nitriles is 2. The molecule has 0 atom stereocenters. The Labute approximate surface area is 119 Å². The monoisotopic (exact) mass is 287 g/mol. The largest absolute Gasteiger partial charge is 0.473 e. The zero-order valence-electron chi connectivity index (χ0n) is 10.1. The van der Waals surface area contributed by atoms with Crippen LogP contribution in [0.25, 0.3) is 0 Å². The van der Waals surface area contributed by atoms with Crippen molar-refractivity contribution in [2.75, 3.05) is 0 Å². The van der Waals surface area contributed by atoms with Gasteiger partial charge in [0.1, 0.15) is 18.5 Å². The summed E-state index contributed by atoms with van der Waals surface area (Å²) in [6.45, 7) is -0.0488. The van der Waals surface area contributed by atoms with E-state index < -0.39 is 5.82 Å². The third kappa shape index (κ3) is 3.03. The number of nitrogens with zero attached hydrogens (tertiary/aromatic N) is 3. The molecule has 1 aromatic heterocycles. The average molecular weight is 288 g/mol. The Kier molecular flexibility index (Phi) is 4.14. The van der Waals surface area contributed by atoms with Gasteiger partial charge in [-0.05, 0) is 18.2 Å². The summed E-state index contributed by atoms with van der Waals surface area (Å²) >= 11 is 5.76. The van der Waals surface area contributed by atoms with Crippen molar-refractivity contribution in [3.05, 3.63) is 58.0 Å². The summed E-state index contributed by atoms with van der Waals surface area (Å²) in [5.74, 6) is -0.332. The molecule has 0 spiro atoms. The Morgan fingerprint density at radius 2 is 2.00 bits per heavy atom. The van der Waals surface area contributed by atoms with Crippen LogP contribution < -0.4 is 4.74 Å². The second kappa shape index (κ2) is 6.01. The van der Waals surface area contributed by atoms with E-state index in [1.165, 1.54) is 24.3 Å². The Morgan fingerprint density at radius 1 is 1.20 bits per heavy atom. The smallest absolute Gasteiger partial charge is 0.215 e. The molecule has 0 aliphatic heterocycles. The van der Waals surface area contributed by atoms with E-state index in [1.54, 1.807) is 0 Å². The number of hydrogen-bond acceptors (Lipinski definition) is 4. The highest BCUT2D eigenvalue weighted by molar-refractivity contribution is 6.30. The topological polar surface area (TPSA) is 69.7 Å². The fraction of sp³-hybridized carbons (Fsp3) is 0.0714. The number of aromatic nitrogens is 1. The van der Waals surface area contributed by atoms with Gasteiger partial charge >= 0.3 is 0 Å². The number of halogens is 2. The number of benzene rings is 1. The van der Waals surface area contributed by atoms with Crippen LogP contribution in [0.3, 0.4) is 0 Å². The standard InChI is InChI=1S/C14H7ClFN3O/c15-14-10(7-18)3-4-13(19-14)20-8-11-2-1-9(6-17)5-12(11)16/h1-5H,8H2.